The number of aromatic nitrogens is 3. The van der Waals surface area contributed by atoms with Crippen molar-refractivity contribution in [3.8, 4) is 11.4 Å². The summed E-state index contributed by atoms with van der Waals surface area (Å²) >= 11 is 0. The lowest BCUT2D eigenvalue weighted by Crippen LogP contribution is -2.27. The summed E-state index contributed by atoms with van der Waals surface area (Å²) in [5, 5.41) is 4.17. The third-order valence-electron chi connectivity index (χ3n) is 4.15. The van der Waals surface area contributed by atoms with Gasteiger partial charge >= 0.3 is 0 Å². The van der Waals surface area contributed by atoms with Gasteiger partial charge in [-0.3, -0.25) is 9.67 Å². The molecule has 0 aliphatic carbocycles. The van der Waals surface area contributed by atoms with Crippen LogP contribution in [0, 0.1) is 5.92 Å². The van der Waals surface area contributed by atoms with Gasteiger partial charge in [0.1, 0.15) is 0 Å². The van der Waals surface area contributed by atoms with Gasteiger partial charge in [0.05, 0.1) is 17.6 Å². The second-order valence-electron chi connectivity index (χ2n) is 5.87. The largest absolute Gasteiger partial charge is 0.266 e. The van der Waals surface area contributed by atoms with Crippen molar-refractivity contribution in [2.75, 3.05) is 19.3 Å². The predicted octanol–water partition coefficient (Wildman–Crippen LogP) is 1.31. The van der Waals surface area contributed by atoms with E-state index in [0.29, 0.717) is 19.0 Å². The van der Waals surface area contributed by atoms with Crippen LogP contribution in [0.25, 0.3) is 11.4 Å². The van der Waals surface area contributed by atoms with E-state index in [9.17, 15) is 8.42 Å². The van der Waals surface area contributed by atoms with Crippen molar-refractivity contribution in [2.45, 2.75) is 12.8 Å². The molecular formula is C15H20N4O2S. The Labute approximate surface area is 130 Å². The number of nitrogens with zero attached hydrogens (tertiary/aromatic N) is 4. The van der Waals surface area contributed by atoms with E-state index in [4.69, 9.17) is 0 Å². The van der Waals surface area contributed by atoms with Crippen LogP contribution in [0.2, 0.25) is 0 Å². The summed E-state index contributed by atoms with van der Waals surface area (Å²) in [7, 11) is -1.17. The summed E-state index contributed by atoms with van der Waals surface area (Å²) in [6, 6.07) is 6.01. The fourth-order valence-electron chi connectivity index (χ4n) is 2.96. The normalized spacial score (nSPS) is 19.6. The Morgan fingerprint density at radius 2 is 2.14 bits per heavy atom. The van der Waals surface area contributed by atoms with E-state index in [2.05, 4.69) is 16.1 Å². The molecular weight excluding hydrogens is 300 g/mol. The van der Waals surface area contributed by atoms with Gasteiger partial charge in [0, 0.05) is 32.5 Å². The maximum atomic E-state index is 11.6. The van der Waals surface area contributed by atoms with E-state index in [1.54, 1.807) is 21.4 Å². The van der Waals surface area contributed by atoms with Gasteiger partial charge in [-0.25, -0.2) is 12.7 Å². The number of aryl methyl sites for hydroxylation is 1. The number of rotatable bonds is 4. The van der Waals surface area contributed by atoms with E-state index < -0.39 is 10.0 Å². The highest BCUT2D eigenvalue weighted by Crippen LogP contribution is 2.24. The average molecular weight is 320 g/mol. The lowest BCUT2D eigenvalue weighted by atomic mass is 9.99. The van der Waals surface area contributed by atoms with E-state index in [-0.39, 0.29) is 0 Å². The molecule has 1 atom stereocenters. The summed E-state index contributed by atoms with van der Waals surface area (Å²) in [5.41, 5.74) is 3.06. The number of hydrogen-bond donors (Lipinski definition) is 0. The molecule has 0 aromatic carbocycles. The van der Waals surface area contributed by atoms with Crippen molar-refractivity contribution in [1.29, 1.82) is 0 Å². The molecule has 0 N–H and O–H groups in total. The van der Waals surface area contributed by atoms with Crippen LogP contribution >= 0.6 is 0 Å². The molecule has 118 valence electrons. The van der Waals surface area contributed by atoms with Crippen LogP contribution in [-0.2, 0) is 23.5 Å². The van der Waals surface area contributed by atoms with Crippen LogP contribution in [0.4, 0.5) is 0 Å². The van der Waals surface area contributed by atoms with Gasteiger partial charge in [-0.05, 0) is 42.5 Å². The Morgan fingerprint density at radius 1 is 1.32 bits per heavy atom. The Morgan fingerprint density at radius 3 is 2.77 bits per heavy atom. The Hall–Kier alpha value is -1.73. The maximum absolute atomic E-state index is 11.6. The summed E-state index contributed by atoms with van der Waals surface area (Å²) in [6.45, 7) is 1.24. The molecule has 3 heterocycles. The quantitative estimate of drug-likeness (QED) is 0.852. The molecule has 0 radical (unpaired) electrons. The third-order valence-corrected chi connectivity index (χ3v) is 5.42. The summed E-state index contributed by atoms with van der Waals surface area (Å²) < 4.78 is 26.5. The topological polar surface area (TPSA) is 68.1 Å². The van der Waals surface area contributed by atoms with E-state index in [1.807, 2.05) is 19.2 Å². The van der Waals surface area contributed by atoms with Crippen molar-refractivity contribution >= 4 is 10.0 Å². The highest BCUT2D eigenvalue weighted by atomic mass is 32.2. The maximum Gasteiger partial charge on any atom is 0.211 e. The zero-order valence-electron chi connectivity index (χ0n) is 12.8. The molecule has 0 bridgehead atoms. The Balaban J connectivity index is 1.73. The van der Waals surface area contributed by atoms with Gasteiger partial charge in [0.2, 0.25) is 10.0 Å². The molecule has 22 heavy (non-hydrogen) atoms. The zero-order valence-corrected chi connectivity index (χ0v) is 13.6. The SMILES string of the molecule is Cn1nccc1-c1cc(C[C@@H]2CCN(S(C)(=O)=O)C2)ccn1. The van der Waals surface area contributed by atoms with E-state index >= 15 is 0 Å². The van der Waals surface area contributed by atoms with Crippen LogP contribution < -0.4 is 0 Å². The molecule has 1 fully saturated rings. The predicted molar refractivity (Wildman–Crippen MR) is 84.7 cm³/mol. The van der Waals surface area contributed by atoms with Gasteiger partial charge < -0.3 is 0 Å². The second-order valence-corrected chi connectivity index (χ2v) is 7.85. The lowest BCUT2D eigenvalue weighted by Gasteiger charge is -2.13. The van der Waals surface area contributed by atoms with Crippen LogP contribution in [0.1, 0.15) is 12.0 Å². The van der Waals surface area contributed by atoms with Gasteiger partial charge in [-0.1, -0.05) is 0 Å². The Bertz CT molecular complexity index is 769. The van der Waals surface area contributed by atoms with Crippen LogP contribution in [-0.4, -0.2) is 46.8 Å². The molecule has 2 aromatic rings. The van der Waals surface area contributed by atoms with Crippen LogP contribution in [0.15, 0.2) is 30.6 Å². The smallest absolute Gasteiger partial charge is 0.211 e. The minimum absolute atomic E-state index is 0.372. The Kier molecular flexibility index (Phi) is 4.01. The first kappa shape index (κ1) is 15.2. The molecule has 0 saturated carbocycles. The molecule has 1 aliphatic heterocycles. The third kappa shape index (κ3) is 3.20. The first-order chi connectivity index (χ1) is 10.4. The fraction of sp³-hybridized carbons (Fsp3) is 0.467. The molecule has 7 heteroatoms. The number of hydrogen-bond acceptors (Lipinski definition) is 4. The van der Waals surface area contributed by atoms with Gasteiger partial charge in [-0.15, -0.1) is 0 Å². The first-order valence-corrected chi connectivity index (χ1v) is 9.17. The average Bonchev–Trinajstić information content (AvgIpc) is 3.07. The van der Waals surface area contributed by atoms with Crippen LogP contribution in [0.5, 0.6) is 0 Å². The minimum Gasteiger partial charge on any atom is -0.266 e. The number of pyridine rings is 1. The van der Waals surface area contributed by atoms with Gasteiger partial charge in [0.15, 0.2) is 0 Å². The van der Waals surface area contributed by atoms with Crippen molar-refractivity contribution in [2.24, 2.45) is 13.0 Å². The van der Waals surface area contributed by atoms with E-state index in [0.717, 1.165) is 24.2 Å². The first-order valence-electron chi connectivity index (χ1n) is 7.32. The second kappa shape index (κ2) is 5.81. The summed E-state index contributed by atoms with van der Waals surface area (Å²) in [6.07, 6.45) is 6.63. The van der Waals surface area contributed by atoms with Crippen molar-refractivity contribution in [1.82, 2.24) is 19.1 Å². The minimum atomic E-state index is -3.07. The molecule has 0 amide bonds. The molecule has 6 nitrogen and oxygen atoms in total. The standard InChI is InChI=1S/C15H20N4O2S/c1-18-15(4-7-17-18)14-10-12(3-6-16-14)9-13-5-8-19(11-13)22(2,20)21/h3-4,6-7,10,13H,5,8-9,11H2,1-2H3/t13-/m0/s1. The molecule has 0 unspecified atom stereocenters. The summed E-state index contributed by atoms with van der Waals surface area (Å²) in [4.78, 5) is 4.40. The van der Waals surface area contributed by atoms with E-state index in [1.165, 1.54) is 11.8 Å². The number of sulfonamides is 1. The molecule has 1 saturated heterocycles. The molecule has 1 aliphatic rings. The monoisotopic (exact) mass is 320 g/mol. The van der Waals surface area contributed by atoms with Crippen LogP contribution in [0.3, 0.4) is 0 Å². The highest BCUT2D eigenvalue weighted by molar-refractivity contribution is 7.88. The fourth-order valence-corrected chi connectivity index (χ4v) is 3.88. The summed E-state index contributed by atoms with van der Waals surface area (Å²) in [5.74, 6) is 0.372. The lowest BCUT2D eigenvalue weighted by molar-refractivity contribution is 0.460. The highest BCUT2D eigenvalue weighted by Gasteiger charge is 2.28. The van der Waals surface area contributed by atoms with Gasteiger partial charge in [0.25, 0.3) is 0 Å². The molecule has 2 aromatic heterocycles. The van der Waals surface area contributed by atoms with Gasteiger partial charge in [-0.2, -0.15) is 5.10 Å². The van der Waals surface area contributed by atoms with Crippen molar-refractivity contribution in [3.63, 3.8) is 0 Å². The van der Waals surface area contributed by atoms with Crippen molar-refractivity contribution in [3.05, 3.63) is 36.2 Å². The van der Waals surface area contributed by atoms with Crippen molar-refractivity contribution < 1.29 is 8.42 Å². The zero-order chi connectivity index (χ0) is 15.7. The molecule has 0 spiro atoms. The molecule has 3 rings (SSSR count).